The third-order valence-corrected chi connectivity index (χ3v) is 2.78. The average molecular weight is 234 g/mol. The summed E-state index contributed by atoms with van der Waals surface area (Å²) in [7, 11) is 0. The fraction of sp³-hybridized carbons (Fsp3) is 0.0714. The molecule has 0 amide bonds. The first kappa shape index (κ1) is 10.5. The van der Waals surface area contributed by atoms with Crippen LogP contribution >= 0.6 is 0 Å². The van der Waals surface area contributed by atoms with Crippen molar-refractivity contribution in [1.82, 2.24) is 14.6 Å². The van der Waals surface area contributed by atoms with Crippen LogP contribution < -0.4 is 0 Å². The second-order valence-corrected chi connectivity index (χ2v) is 4.03. The van der Waals surface area contributed by atoms with E-state index in [4.69, 9.17) is 5.26 Å². The van der Waals surface area contributed by atoms with Gasteiger partial charge in [-0.15, -0.1) is 0 Å². The van der Waals surface area contributed by atoms with E-state index in [1.807, 2.05) is 41.8 Å². The summed E-state index contributed by atoms with van der Waals surface area (Å²) in [5.74, 6) is 0.746. The van der Waals surface area contributed by atoms with E-state index in [0.717, 1.165) is 22.7 Å². The lowest BCUT2D eigenvalue weighted by Gasteiger charge is -2.03. The Balaban J connectivity index is 2.21. The van der Waals surface area contributed by atoms with Crippen LogP contribution in [-0.2, 0) is 0 Å². The fourth-order valence-corrected chi connectivity index (χ4v) is 1.95. The van der Waals surface area contributed by atoms with E-state index in [2.05, 4.69) is 16.2 Å². The number of aryl methyl sites for hydroxylation is 1. The lowest BCUT2D eigenvalue weighted by Crippen LogP contribution is -1.93. The van der Waals surface area contributed by atoms with Crippen molar-refractivity contribution in [2.75, 3.05) is 0 Å². The van der Waals surface area contributed by atoms with Crippen molar-refractivity contribution in [3.05, 3.63) is 53.9 Å². The van der Waals surface area contributed by atoms with Crippen LogP contribution in [0, 0.1) is 18.3 Å². The molecular weight excluding hydrogens is 224 g/mol. The van der Waals surface area contributed by atoms with Gasteiger partial charge in [0.15, 0.2) is 5.65 Å². The molecule has 0 aliphatic rings. The minimum absolute atomic E-state index is 0.653. The number of nitriles is 1. The summed E-state index contributed by atoms with van der Waals surface area (Å²) >= 11 is 0. The first-order chi connectivity index (χ1) is 8.78. The molecule has 2 heterocycles. The quantitative estimate of drug-likeness (QED) is 0.650. The minimum Gasteiger partial charge on any atom is -0.213 e. The first-order valence-corrected chi connectivity index (χ1v) is 5.61. The van der Waals surface area contributed by atoms with E-state index in [1.54, 1.807) is 12.1 Å². The van der Waals surface area contributed by atoms with Crippen LogP contribution in [0.4, 0.5) is 0 Å². The molecule has 0 unspecified atom stereocenters. The first-order valence-electron chi connectivity index (χ1n) is 5.61. The predicted molar refractivity (Wildman–Crippen MR) is 67.9 cm³/mol. The molecule has 4 heteroatoms. The molecule has 0 spiro atoms. The minimum atomic E-state index is 0.653. The Morgan fingerprint density at radius 2 is 1.89 bits per heavy atom. The predicted octanol–water partition coefficient (Wildman–Crippen LogP) is 2.58. The Morgan fingerprint density at radius 1 is 1.11 bits per heavy atom. The largest absolute Gasteiger partial charge is 0.213 e. The fourth-order valence-electron chi connectivity index (χ4n) is 1.95. The van der Waals surface area contributed by atoms with Gasteiger partial charge < -0.3 is 0 Å². The third-order valence-electron chi connectivity index (χ3n) is 2.78. The zero-order valence-corrected chi connectivity index (χ0v) is 9.83. The second-order valence-electron chi connectivity index (χ2n) is 4.03. The Hall–Kier alpha value is -2.67. The molecule has 1 aromatic carbocycles. The van der Waals surface area contributed by atoms with Crippen molar-refractivity contribution in [1.29, 1.82) is 5.26 Å². The van der Waals surface area contributed by atoms with Gasteiger partial charge in [0.05, 0.1) is 17.3 Å². The maximum Gasteiger partial charge on any atom is 0.156 e. The van der Waals surface area contributed by atoms with Crippen LogP contribution in [-0.4, -0.2) is 14.6 Å². The normalized spacial score (nSPS) is 10.4. The molecule has 18 heavy (non-hydrogen) atoms. The molecule has 0 fully saturated rings. The van der Waals surface area contributed by atoms with Gasteiger partial charge in [0, 0.05) is 5.56 Å². The topological polar surface area (TPSA) is 54.0 Å². The zero-order chi connectivity index (χ0) is 12.5. The third kappa shape index (κ3) is 1.62. The molecule has 0 aliphatic carbocycles. The number of fused-ring (bicyclic) bond motifs is 1. The maximum atomic E-state index is 8.80. The molecule has 86 valence electrons. The van der Waals surface area contributed by atoms with Crippen molar-refractivity contribution >= 4 is 5.65 Å². The highest BCUT2D eigenvalue weighted by molar-refractivity contribution is 5.63. The number of benzene rings is 1. The molecule has 0 N–H and O–H groups in total. The van der Waals surface area contributed by atoms with E-state index in [9.17, 15) is 0 Å². The van der Waals surface area contributed by atoms with E-state index in [1.165, 1.54) is 0 Å². The lowest BCUT2D eigenvalue weighted by molar-refractivity contribution is 0.938. The van der Waals surface area contributed by atoms with Crippen LogP contribution in [0.5, 0.6) is 0 Å². The number of hydrogen-bond acceptors (Lipinski definition) is 3. The highest BCUT2D eigenvalue weighted by Gasteiger charge is 2.06. The van der Waals surface area contributed by atoms with Crippen molar-refractivity contribution in [2.45, 2.75) is 6.92 Å². The molecule has 0 aliphatic heterocycles. The average Bonchev–Trinajstić information content (AvgIpc) is 2.79. The highest BCUT2D eigenvalue weighted by atomic mass is 15.3. The molecular formula is C14H10N4. The molecule has 2 aromatic heterocycles. The van der Waals surface area contributed by atoms with Crippen molar-refractivity contribution in [3.8, 4) is 17.3 Å². The number of pyridine rings is 1. The number of hydrogen-bond donors (Lipinski definition) is 0. The van der Waals surface area contributed by atoms with Gasteiger partial charge in [0.2, 0.25) is 0 Å². The van der Waals surface area contributed by atoms with Crippen molar-refractivity contribution in [2.24, 2.45) is 0 Å². The Bertz CT molecular complexity index is 748. The summed E-state index contributed by atoms with van der Waals surface area (Å²) in [6, 6.07) is 15.4. The molecule has 0 bridgehead atoms. The Morgan fingerprint density at radius 3 is 2.61 bits per heavy atom. The van der Waals surface area contributed by atoms with Gasteiger partial charge in [-0.05, 0) is 31.2 Å². The summed E-state index contributed by atoms with van der Waals surface area (Å²) in [5, 5.41) is 13.2. The molecule has 3 rings (SSSR count). The summed E-state index contributed by atoms with van der Waals surface area (Å²) in [5.41, 5.74) is 3.47. The van der Waals surface area contributed by atoms with Gasteiger partial charge >= 0.3 is 0 Å². The van der Waals surface area contributed by atoms with E-state index >= 15 is 0 Å². The molecule has 0 saturated heterocycles. The van der Waals surface area contributed by atoms with Gasteiger partial charge in [-0.25, -0.2) is 9.50 Å². The van der Waals surface area contributed by atoms with Gasteiger partial charge in [-0.3, -0.25) is 0 Å². The Kier molecular flexibility index (Phi) is 2.31. The van der Waals surface area contributed by atoms with Crippen LogP contribution in [0.1, 0.15) is 11.4 Å². The molecule has 3 aromatic rings. The van der Waals surface area contributed by atoms with Crippen LogP contribution in [0.15, 0.2) is 42.5 Å². The van der Waals surface area contributed by atoms with Gasteiger partial charge in [0.25, 0.3) is 0 Å². The summed E-state index contributed by atoms with van der Waals surface area (Å²) < 4.78 is 1.82. The number of nitrogens with zero attached hydrogens (tertiary/aromatic N) is 4. The zero-order valence-electron chi connectivity index (χ0n) is 9.83. The summed E-state index contributed by atoms with van der Waals surface area (Å²) in [4.78, 5) is 4.33. The van der Waals surface area contributed by atoms with Crippen molar-refractivity contribution in [3.63, 3.8) is 0 Å². The smallest absolute Gasteiger partial charge is 0.156 e. The van der Waals surface area contributed by atoms with Crippen molar-refractivity contribution < 1.29 is 0 Å². The van der Waals surface area contributed by atoms with Crippen LogP contribution in [0.2, 0.25) is 0 Å². The molecule has 0 radical (unpaired) electrons. The summed E-state index contributed by atoms with van der Waals surface area (Å²) in [6.45, 7) is 1.87. The van der Waals surface area contributed by atoms with Gasteiger partial charge in [0.1, 0.15) is 5.82 Å². The van der Waals surface area contributed by atoms with Crippen LogP contribution in [0.25, 0.3) is 16.9 Å². The van der Waals surface area contributed by atoms with E-state index in [0.29, 0.717) is 5.56 Å². The number of rotatable bonds is 1. The highest BCUT2D eigenvalue weighted by Crippen LogP contribution is 2.20. The lowest BCUT2D eigenvalue weighted by atomic mass is 10.1. The summed E-state index contributed by atoms with van der Waals surface area (Å²) in [6.07, 6.45) is 0. The molecule has 4 nitrogen and oxygen atoms in total. The second kappa shape index (κ2) is 3.97. The van der Waals surface area contributed by atoms with Crippen LogP contribution in [0.3, 0.4) is 0 Å². The maximum absolute atomic E-state index is 8.80. The van der Waals surface area contributed by atoms with E-state index in [-0.39, 0.29) is 0 Å². The number of aromatic nitrogens is 3. The van der Waals surface area contributed by atoms with E-state index < -0.39 is 0 Å². The van der Waals surface area contributed by atoms with Gasteiger partial charge in [-0.1, -0.05) is 18.2 Å². The molecule has 0 saturated carbocycles. The standard InChI is InChI=1S/C14H10N4/c1-10-16-14-4-2-3-13(18(14)17-10)12-7-5-11(9-15)6-8-12/h2-8H,1H3. The van der Waals surface area contributed by atoms with Gasteiger partial charge in [-0.2, -0.15) is 10.4 Å². The Labute approximate surface area is 104 Å². The molecule has 0 atom stereocenters. The SMILES string of the molecule is Cc1nc2cccc(-c3ccc(C#N)cc3)n2n1. The monoisotopic (exact) mass is 234 g/mol.